The molecule has 28 heavy (non-hydrogen) atoms. The molecule has 2 N–H and O–H groups in total. The van der Waals surface area contributed by atoms with Crippen LogP contribution in [0.25, 0.3) is 0 Å². The Balaban J connectivity index is 0.00000225. The normalized spacial score (nSPS) is 27.1. The van der Waals surface area contributed by atoms with Crippen LogP contribution in [0.2, 0.25) is 0 Å². The van der Waals surface area contributed by atoms with Crippen molar-refractivity contribution in [3.05, 3.63) is 35.9 Å². The maximum absolute atomic E-state index is 13.0. The third-order valence-electron chi connectivity index (χ3n) is 6.38. The van der Waals surface area contributed by atoms with Gasteiger partial charge in [-0.3, -0.25) is 9.59 Å². The Morgan fingerprint density at radius 2 is 1.71 bits per heavy atom. The van der Waals surface area contributed by atoms with Crippen molar-refractivity contribution in [1.82, 2.24) is 15.5 Å². The molecule has 3 atom stereocenters. The van der Waals surface area contributed by atoms with Gasteiger partial charge in [-0.05, 0) is 50.0 Å². The van der Waals surface area contributed by atoms with Crippen LogP contribution in [0, 0.1) is 5.92 Å². The van der Waals surface area contributed by atoms with Crippen molar-refractivity contribution in [3.8, 4) is 0 Å². The Labute approximate surface area is 174 Å². The first-order chi connectivity index (χ1) is 13.2. The van der Waals surface area contributed by atoms with Crippen LogP contribution in [0.15, 0.2) is 30.3 Å². The van der Waals surface area contributed by atoms with Crippen LogP contribution in [0.1, 0.15) is 50.5 Å². The summed E-state index contributed by atoms with van der Waals surface area (Å²) in [5.74, 6) is 0.563. The maximum atomic E-state index is 13.0. The summed E-state index contributed by atoms with van der Waals surface area (Å²) in [5, 5.41) is 6.72. The van der Waals surface area contributed by atoms with E-state index in [2.05, 4.69) is 10.6 Å². The third-order valence-corrected chi connectivity index (χ3v) is 6.38. The highest BCUT2D eigenvalue weighted by atomic mass is 35.5. The number of nitrogens with one attached hydrogen (secondary N) is 2. The Morgan fingerprint density at radius 3 is 2.36 bits per heavy atom. The maximum Gasteiger partial charge on any atom is 0.245 e. The topological polar surface area (TPSA) is 61.4 Å². The Bertz CT molecular complexity index is 651. The van der Waals surface area contributed by atoms with Gasteiger partial charge < -0.3 is 15.5 Å². The van der Waals surface area contributed by atoms with Gasteiger partial charge in [0.1, 0.15) is 6.04 Å². The molecule has 0 spiro atoms. The van der Waals surface area contributed by atoms with Gasteiger partial charge in [-0.15, -0.1) is 12.4 Å². The highest BCUT2D eigenvalue weighted by Crippen LogP contribution is 2.32. The van der Waals surface area contributed by atoms with Crippen LogP contribution in [0.3, 0.4) is 0 Å². The lowest BCUT2D eigenvalue weighted by molar-refractivity contribution is -0.135. The minimum absolute atomic E-state index is 0. The van der Waals surface area contributed by atoms with E-state index in [9.17, 15) is 9.59 Å². The molecule has 3 fully saturated rings. The standard InChI is InChI=1S/C22H31N3O2.ClH/c26-21(15-17-12-18-8-9-19(13-17)23-18)24-20(14-16-6-2-1-3-7-16)22(27)25-10-4-5-11-25;/h1-3,6-7,17-20,23H,4-5,8-15H2,(H,24,26);1H. The van der Waals surface area contributed by atoms with Gasteiger partial charge in [-0.1, -0.05) is 30.3 Å². The highest BCUT2D eigenvalue weighted by molar-refractivity contribution is 5.88. The van der Waals surface area contributed by atoms with Crippen LogP contribution < -0.4 is 10.6 Å². The van der Waals surface area contributed by atoms with Crippen molar-refractivity contribution in [1.29, 1.82) is 0 Å². The van der Waals surface area contributed by atoms with Gasteiger partial charge >= 0.3 is 0 Å². The molecule has 3 heterocycles. The van der Waals surface area contributed by atoms with E-state index in [1.54, 1.807) is 0 Å². The molecule has 3 unspecified atom stereocenters. The molecule has 2 amide bonds. The van der Waals surface area contributed by atoms with Gasteiger partial charge in [0.15, 0.2) is 0 Å². The molecule has 3 aliphatic heterocycles. The fraction of sp³-hybridized carbons (Fsp3) is 0.636. The van der Waals surface area contributed by atoms with E-state index in [-0.39, 0.29) is 24.2 Å². The molecule has 5 nitrogen and oxygen atoms in total. The van der Waals surface area contributed by atoms with Gasteiger partial charge in [0.25, 0.3) is 0 Å². The number of fused-ring (bicyclic) bond motifs is 2. The average Bonchev–Trinajstić information content (AvgIpc) is 3.31. The number of likely N-dealkylation sites (tertiary alicyclic amines) is 1. The Kier molecular flexibility index (Phi) is 7.36. The van der Waals surface area contributed by atoms with E-state index >= 15 is 0 Å². The number of carbonyl (C=O) groups is 2. The van der Waals surface area contributed by atoms with Crippen LogP contribution in [-0.4, -0.2) is 47.9 Å². The van der Waals surface area contributed by atoms with E-state index in [0.29, 0.717) is 30.8 Å². The van der Waals surface area contributed by atoms with Crippen molar-refractivity contribution in [2.75, 3.05) is 13.1 Å². The van der Waals surface area contributed by atoms with Crippen molar-refractivity contribution >= 4 is 24.2 Å². The summed E-state index contributed by atoms with van der Waals surface area (Å²) in [6.07, 6.45) is 7.91. The number of halogens is 1. The summed E-state index contributed by atoms with van der Waals surface area (Å²) in [4.78, 5) is 27.7. The zero-order chi connectivity index (χ0) is 18.6. The first-order valence-electron chi connectivity index (χ1n) is 10.6. The van der Waals surface area contributed by atoms with Gasteiger partial charge in [0.05, 0.1) is 0 Å². The second-order valence-electron chi connectivity index (χ2n) is 8.52. The number of benzene rings is 1. The van der Waals surface area contributed by atoms with E-state index < -0.39 is 6.04 Å². The fourth-order valence-corrected chi connectivity index (χ4v) is 5.07. The average molecular weight is 406 g/mol. The van der Waals surface area contributed by atoms with Crippen LogP contribution in [0.5, 0.6) is 0 Å². The van der Waals surface area contributed by atoms with Crippen molar-refractivity contribution in [3.63, 3.8) is 0 Å². The predicted octanol–water partition coefficient (Wildman–Crippen LogP) is 2.68. The Morgan fingerprint density at radius 1 is 1.07 bits per heavy atom. The van der Waals surface area contributed by atoms with Crippen molar-refractivity contribution in [2.45, 2.75) is 69.5 Å². The van der Waals surface area contributed by atoms with E-state index in [4.69, 9.17) is 0 Å². The first-order valence-corrected chi connectivity index (χ1v) is 10.6. The molecule has 0 radical (unpaired) electrons. The van der Waals surface area contributed by atoms with Gasteiger partial charge in [0.2, 0.25) is 11.8 Å². The number of rotatable bonds is 6. The summed E-state index contributed by atoms with van der Waals surface area (Å²) in [6.45, 7) is 1.63. The summed E-state index contributed by atoms with van der Waals surface area (Å²) >= 11 is 0. The summed E-state index contributed by atoms with van der Waals surface area (Å²) in [6, 6.07) is 10.7. The SMILES string of the molecule is Cl.O=C(CC1CC2CCC(C1)N2)NC(Cc1ccccc1)C(=O)N1CCCC1. The van der Waals surface area contributed by atoms with Crippen molar-refractivity contribution in [2.24, 2.45) is 5.92 Å². The van der Waals surface area contributed by atoms with Crippen LogP contribution in [-0.2, 0) is 16.0 Å². The second-order valence-corrected chi connectivity index (χ2v) is 8.52. The molecule has 3 aliphatic rings. The lowest BCUT2D eigenvalue weighted by Gasteiger charge is -2.29. The number of hydrogen-bond donors (Lipinski definition) is 2. The quantitative estimate of drug-likeness (QED) is 0.764. The van der Waals surface area contributed by atoms with Crippen molar-refractivity contribution < 1.29 is 9.59 Å². The number of hydrogen-bond acceptors (Lipinski definition) is 3. The lowest BCUT2D eigenvalue weighted by Crippen LogP contribution is -2.49. The molecular weight excluding hydrogens is 374 g/mol. The molecule has 0 saturated carbocycles. The smallest absolute Gasteiger partial charge is 0.245 e. The molecular formula is C22H32ClN3O2. The Hall–Kier alpha value is -1.59. The second kappa shape index (κ2) is 9.75. The number of carbonyl (C=O) groups excluding carboxylic acids is 2. The molecule has 3 saturated heterocycles. The van der Waals surface area contributed by atoms with Crippen LogP contribution in [0.4, 0.5) is 0 Å². The predicted molar refractivity (Wildman–Crippen MR) is 112 cm³/mol. The zero-order valence-electron chi connectivity index (χ0n) is 16.4. The molecule has 1 aromatic carbocycles. The minimum Gasteiger partial charge on any atom is -0.344 e. The van der Waals surface area contributed by atoms with E-state index in [1.807, 2.05) is 35.2 Å². The number of nitrogens with zero attached hydrogens (tertiary/aromatic N) is 1. The molecule has 154 valence electrons. The zero-order valence-corrected chi connectivity index (χ0v) is 17.3. The lowest BCUT2D eigenvalue weighted by atomic mass is 9.89. The molecule has 1 aromatic rings. The van der Waals surface area contributed by atoms with E-state index in [0.717, 1.165) is 44.3 Å². The van der Waals surface area contributed by atoms with Crippen LogP contribution >= 0.6 is 12.4 Å². The molecule has 0 aromatic heterocycles. The summed E-state index contributed by atoms with van der Waals surface area (Å²) in [7, 11) is 0. The first kappa shape index (κ1) is 21.1. The fourth-order valence-electron chi connectivity index (χ4n) is 5.07. The van der Waals surface area contributed by atoms with Gasteiger partial charge in [0, 0.05) is 38.0 Å². The van der Waals surface area contributed by atoms with Gasteiger partial charge in [-0.25, -0.2) is 0 Å². The molecule has 0 aliphatic carbocycles. The number of amides is 2. The monoisotopic (exact) mass is 405 g/mol. The molecule has 4 rings (SSSR count). The van der Waals surface area contributed by atoms with E-state index in [1.165, 1.54) is 12.8 Å². The van der Waals surface area contributed by atoms with Gasteiger partial charge in [-0.2, -0.15) is 0 Å². The third kappa shape index (κ3) is 5.26. The summed E-state index contributed by atoms with van der Waals surface area (Å²) < 4.78 is 0. The number of piperidine rings is 1. The molecule has 2 bridgehead atoms. The highest BCUT2D eigenvalue weighted by Gasteiger charge is 2.35. The largest absolute Gasteiger partial charge is 0.344 e. The summed E-state index contributed by atoms with van der Waals surface area (Å²) in [5.41, 5.74) is 1.09. The minimum atomic E-state index is -0.448. The molecule has 6 heteroatoms.